The van der Waals surface area contributed by atoms with Crippen LogP contribution in [0.2, 0.25) is 0 Å². The number of hydrogen-bond donors (Lipinski definition) is 2. The molecule has 0 aliphatic carbocycles. The first-order valence-electron chi connectivity index (χ1n) is 6.11. The van der Waals surface area contributed by atoms with E-state index in [1.54, 1.807) is 0 Å². The van der Waals surface area contributed by atoms with Crippen molar-refractivity contribution in [2.45, 2.75) is 26.3 Å². The molecule has 0 heterocycles. The molecule has 1 amide bonds. The molecule has 19 heavy (non-hydrogen) atoms. The zero-order valence-electron chi connectivity index (χ0n) is 11.9. The van der Waals surface area contributed by atoms with E-state index in [9.17, 15) is 4.79 Å². The number of amides is 1. The van der Waals surface area contributed by atoms with Crippen LogP contribution in [0, 0.1) is 0 Å². The Morgan fingerprint density at radius 1 is 1.42 bits per heavy atom. The standard InChI is InChI=1S/C14H21N3OS/c1-14(2,3)16-12(18)9-17(4)11-7-5-6-10(8-11)13(15)19/h5-8H,9H2,1-4H3,(H2,15,19)(H,16,18). The van der Waals surface area contributed by atoms with Crippen molar-refractivity contribution in [3.63, 3.8) is 0 Å². The second kappa shape index (κ2) is 6.02. The summed E-state index contributed by atoms with van der Waals surface area (Å²) in [7, 11) is 1.86. The number of hydrogen-bond acceptors (Lipinski definition) is 3. The number of benzene rings is 1. The summed E-state index contributed by atoms with van der Waals surface area (Å²) in [4.78, 5) is 14.1. The van der Waals surface area contributed by atoms with Gasteiger partial charge in [0, 0.05) is 23.8 Å². The van der Waals surface area contributed by atoms with Gasteiger partial charge in [-0.05, 0) is 32.9 Å². The normalized spacial score (nSPS) is 10.9. The Kier molecular flexibility index (Phi) is 4.89. The summed E-state index contributed by atoms with van der Waals surface area (Å²) < 4.78 is 0. The maximum absolute atomic E-state index is 11.9. The number of rotatable bonds is 4. The molecular weight excluding hydrogens is 258 g/mol. The van der Waals surface area contributed by atoms with Gasteiger partial charge in [0.2, 0.25) is 5.91 Å². The lowest BCUT2D eigenvalue weighted by atomic mass is 10.1. The van der Waals surface area contributed by atoms with E-state index < -0.39 is 0 Å². The van der Waals surface area contributed by atoms with Crippen LogP contribution in [0.25, 0.3) is 0 Å². The third kappa shape index (κ3) is 5.26. The molecule has 1 aromatic rings. The molecule has 0 aromatic heterocycles. The Morgan fingerprint density at radius 2 is 2.05 bits per heavy atom. The Balaban J connectivity index is 2.73. The highest BCUT2D eigenvalue weighted by Crippen LogP contribution is 2.14. The topological polar surface area (TPSA) is 58.4 Å². The molecule has 0 aliphatic rings. The Hall–Kier alpha value is -1.62. The summed E-state index contributed by atoms with van der Waals surface area (Å²) in [6.45, 7) is 6.16. The monoisotopic (exact) mass is 279 g/mol. The molecule has 0 spiro atoms. The largest absolute Gasteiger partial charge is 0.389 e. The lowest BCUT2D eigenvalue weighted by molar-refractivity contribution is -0.121. The smallest absolute Gasteiger partial charge is 0.239 e. The first-order valence-corrected chi connectivity index (χ1v) is 6.52. The van der Waals surface area contributed by atoms with E-state index in [0.29, 0.717) is 4.99 Å². The van der Waals surface area contributed by atoms with Crippen LogP contribution in [-0.2, 0) is 4.79 Å². The van der Waals surface area contributed by atoms with Gasteiger partial charge >= 0.3 is 0 Å². The average molecular weight is 279 g/mol. The highest BCUT2D eigenvalue weighted by molar-refractivity contribution is 7.80. The van der Waals surface area contributed by atoms with Crippen molar-refractivity contribution >= 4 is 28.8 Å². The molecule has 3 N–H and O–H groups in total. The molecule has 1 rings (SSSR count). The molecule has 1 aromatic carbocycles. The quantitative estimate of drug-likeness (QED) is 0.823. The molecular formula is C14H21N3OS. The van der Waals surface area contributed by atoms with Crippen molar-refractivity contribution in [2.24, 2.45) is 5.73 Å². The zero-order chi connectivity index (χ0) is 14.6. The van der Waals surface area contributed by atoms with Crippen molar-refractivity contribution in [1.29, 1.82) is 0 Å². The second-order valence-corrected chi connectivity index (χ2v) is 6.01. The SMILES string of the molecule is CN(CC(=O)NC(C)(C)C)c1cccc(C(N)=S)c1. The minimum atomic E-state index is -0.224. The van der Waals surface area contributed by atoms with Crippen LogP contribution < -0.4 is 16.0 Å². The van der Waals surface area contributed by atoms with Crippen LogP contribution in [0.4, 0.5) is 5.69 Å². The van der Waals surface area contributed by atoms with E-state index in [1.807, 2.05) is 57.0 Å². The van der Waals surface area contributed by atoms with Gasteiger partial charge in [-0.25, -0.2) is 0 Å². The van der Waals surface area contributed by atoms with E-state index in [0.717, 1.165) is 11.3 Å². The van der Waals surface area contributed by atoms with Crippen LogP contribution in [0.15, 0.2) is 24.3 Å². The molecule has 4 nitrogen and oxygen atoms in total. The Morgan fingerprint density at radius 3 is 2.58 bits per heavy atom. The summed E-state index contributed by atoms with van der Waals surface area (Å²) in [5.41, 5.74) is 7.09. The molecule has 5 heteroatoms. The second-order valence-electron chi connectivity index (χ2n) is 5.57. The van der Waals surface area contributed by atoms with Crippen molar-refractivity contribution < 1.29 is 4.79 Å². The first kappa shape index (κ1) is 15.4. The first-order chi connectivity index (χ1) is 8.69. The van der Waals surface area contributed by atoms with Gasteiger partial charge in [0.15, 0.2) is 0 Å². The molecule has 0 saturated heterocycles. The van der Waals surface area contributed by atoms with E-state index in [1.165, 1.54) is 0 Å². The van der Waals surface area contributed by atoms with Gasteiger partial charge in [0.1, 0.15) is 4.99 Å². The van der Waals surface area contributed by atoms with Crippen LogP contribution in [0.5, 0.6) is 0 Å². The van der Waals surface area contributed by atoms with Gasteiger partial charge in [-0.1, -0.05) is 24.4 Å². The highest BCUT2D eigenvalue weighted by Gasteiger charge is 2.15. The van der Waals surface area contributed by atoms with Crippen molar-refractivity contribution in [3.05, 3.63) is 29.8 Å². The summed E-state index contributed by atoms with van der Waals surface area (Å²) in [5.74, 6) is -0.0178. The number of carbonyl (C=O) groups excluding carboxylic acids is 1. The summed E-state index contributed by atoms with van der Waals surface area (Å²) in [5, 5.41) is 2.93. The lowest BCUT2D eigenvalue weighted by Crippen LogP contribution is -2.45. The highest BCUT2D eigenvalue weighted by atomic mass is 32.1. The number of likely N-dealkylation sites (N-methyl/N-ethyl adjacent to an activating group) is 1. The number of nitrogens with two attached hydrogens (primary N) is 1. The molecule has 0 aliphatic heterocycles. The Bertz CT molecular complexity index is 480. The van der Waals surface area contributed by atoms with Crippen molar-refractivity contribution in [2.75, 3.05) is 18.5 Å². The van der Waals surface area contributed by atoms with Gasteiger partial charge in [-0.3, -0.25) is 4.79 Å². The average Bonchev–Trinajstić information content (AvgIpc) is 2.26. The van der Waals surface area contributed by atoms with Gasteiger partial charge in [0.05, 0.1) is 6.54 Å². The van der Waals surface area contributed by atoms with E-state index in [2.05, 4.69) is 5.32 Å². The third-order valence-electron chi connectivity index (χ3n) is 2.47. The summed E-state index contributed by atoms with van der Waals surface area (Å²) in [6, 6.07) is 7.54. The van der Waals surface area contributed by atoms with Crippen LogP contribution in [-0.4, -0.2) is 30.0 Å². The number of nitrogens with one attached hydrogen (secondary N) is 1. The minimum absolute atomic E-state index is 0.0178. The third-order valence-corrected chi connectivity index (χ3v) is 2.70. The van der Waals surface area contributed by atoms with E-state index in [4.69, 9.17) is 18.0 Å². The molecule has 0 atom stereocenters. The van der Waals surface area contributed by atoms with Crippen LogP contribution in [0.1, 0.15) is 26.3 Å². The van der Waals surface area contributed by atoms with E-state index >= 15 is 0 Å². The molecule has 104 valence electrons. The predicted molar refractivity (Wildman–Crippen MR) is 83.5 cm³/mol. The predicted octanol–water partition coefficient (Wildman–Crippen LogP) is 1.67. The van der Waals surface area contributed by atoms with Gasteiger partial charge in [-0.15, -0.1) is 0 Å². The molecule has 0 bridgehead atoms. The fraction of sp³-hybridized carbons (Fsp3) is 0.429. The maximum Gasteiger partial charge on any atom is 0.239 e. The van der Waals surface area contributed by atoms with Gasteiger partial charge in [0.25, 0.3) is 0 Å². The zero-order valence-corrected chi connectivity index (χ0v) is 12.7. The lowest BCUT2D eigenvalue weighted by Gasteiger charge is -2.24. The minimum Gasteiger partial charge on any atom is -0.389 e. The molecule has 0 fully saturated rings. The van der Waals surface area contributed by atoms with Gasteiger partial charge in [-0.2, -0.15) is 0 Å². The fourth-order valence-electron chi connectivity index (χ4n) is 1.66. The number of carbonyl (C=O) groups is 1. The Labute approximate surface area is 120 Å². The summed E-state index contributed by atoms with van der Waals surface area (Å²) >= 11 is 4.95. The fourth-order valence-corrected chi connectivity index (χ4v) is 1.79. The van der Waals surface area contributed by atoms with Crippen molar-refractivity contribution in [3.8, 4) is 0 Å². The molecule has 0 radical (unpaired) electrons. The van der Waals surface area contributed by atoms with Gasteiger partial charge < -0.3 is 16.0 Å². The maximum atomic E-state index is 11.9. The van der Waals surface area contributed by atoms with E-state index in [-0.39, 0.29) is 18.0 Å². The number of nitrogens with zero attached hydrogens (tertiary/aromatic N) is 1. The number of thiocarbonyl (C=S) groups is 1. The molecule has 0 unspecified atom stereocenters. The number of anilines is 1. The summed E-state index contributed by atoms with van der Waals surface area (Å²) in [6.07, 6.45) is 0. The molecule has 0 saturated carbocycles. The van der Waals surface area contributed by atoms with Crippen LogP contribution in [0.3, 0.4) is 0 Å². The van der Waals surface area contributed by atoms with Crippen molar-refractivity contribution in [1.82, 2.24) is 5.32 Å². The van der Waals surface area contributed by atoms with Crippen LogP contribution >= 0.6 is 12.2 Å².